The standard InChI is InChI=1S/C19H20N4O.C7H8O3S.H2O/c20-19(24)17-5-1-3-15-12-23(22-18(15)17)16-8-6-13(7-9-16)14-4-2-10-21-11-14;1-6-2-4-7(5-3-6)11(8,9)10;/h1,3,5-9,12,14,21H,2,4,10-11H2,(H2,20,24);2-5H,1H3,(H,8,9,10);1H2/t14-;;/m0../s1. The number of hydrogen-bond acceptors (Lipinski definition) is 5. The zero-order valence-corrected chi connectivity index (χ0v) is 20.7. The third-order valence-corrected chi connectivity index (χ3v) is 6.91. The lowest BCUT2D eigenvalue weighted by Gasteiger charge is -2.23. The highest BCUT2D eigenvalue weighted by Crippen LogP contribution is 2.25. The number of aromatic nitrogens is 2. The second-order valence-corrected chi connectivity index (χ2v) is 10.0. The number of carbonyl (C=O) groups excluding carboxylic acids is 1. The largest absolute Gasteiger partial charge is 0.412 e. The summed E-state index contributed by atoms with van der Waals surface area (Å²) in [4.78, 5) is 11.5. The summed E-state index contributed by atoms with van der Waals surface area (Å²) < 4.78 is 31.4. The van der Waals surface area contributed by atoms with Crippen LogP contribution in [-0.4, -0.2) is 47.2 Å². The predicted octanol–water partition coefficient (Wildman–Crippen LogP) is 3.01. The third kappa shape index (κ3) is 6.35. The number of amides is 1. The molecule has 36 heavy (non-hydrogen) atoms. The molecular weight excluding hydrogens is 480 g/mol. The van der Waals surface area contributed by atoms with Crippen LogP contribution in [0.2, 0.25) is 0 Å². The zero-order chi connectivity index (χ0) is 25.0. The molecule has 190 valence electrons. The molecule has 2 heterocycles. The van der Waals surface area contributed by atoms with E-state index in [1.54, 1.807) is 22.9 Å². The second-order valence-electron chi connectivity index (χ2n) is 8.60. The summed E-state index contributed by atoms with van der Waals surface area (Å²) in [5, 5.41) is 8.91. The van der Waals surface area contributed by atoms with Gasteiger partial charge in [-0.05, 0) is 68.1 Å². The molecule has 1 amide bonds. The maximum absolute atomic E-state index is 11.5. The molecular formula is C26H30N4O5S. The fourth-order valence-corrected chi connectivity index (χ4v) is 4.60. The number of piperidine rings is 1. The molecule has 0 spiro atoms. The molecule has 10 heteroatoms. The molecule has 1 atom stereocenters. The lowest BCUT2D eigenvalue weighted by molar-refractivity contribution is 0.100. The molecule has 5 rings (SSSR count). The average Bonchev–Trinajstić information content (AvgIpc) is 3.29. The summed E-state index contributed by atoms with van der Waals surface area (Å²) in [6.07, 6.45) is 4.39. The monoisotopic (exact) mass is 510 g/mol. The van der Waals surface area contributed by atoms with E-state index in [4.69, 9.17) is 10.3 Å². The van der Waals surface area contributed by atoms with Gasteiger partial charge in [-0.1, -0.05) is 42.0 Å². The highest BCUT2D eigenvalue weighted by molar-refractivity contribution is 7.85. The van der Waals surface area contributed by atoms with E-state index in [0.29, 0.717) is 17.0 Å². The van der Waals surface area contributed by atoms with Crippen molar-refractivity contribution in [2.75, 3.05) is 13.1 Å². The van der Waals surface area contributed by atoms with E-state index >= 15 is 0 Å². The average molecular weight is 511 g/mol. The summed E-state index contributed by atoms with van der Waals surface area (Å²) in [6, 6.07) is 20.0. The molecule has 1 fully saturated rings. The van der Waals surface area contributed by atoms with Crippen molar-refractivity contribution in [2.24, 2.45) is 5.73 Å². The lowest BCUT2D eigenvalue weighted by atomic mass is 9.92. The highest BCUT2D eigenvalue weighted by Gasteiger charge is 2.15. The Balaban J connectivity index is 0.000000256. The van der Waals surface area contributed by atoms with Crippen LogP contribution >= 0.6 is 0 Å². The number of rotatable bonds is 4. The molecule has 9 nitrogen and oxygen atoms in total. The second kappa shape index (κ2) is 11.4. The van der Waals surface area contributed by atoms with Crippen molar-refractivity contribution in [1.29, 1.82) is 0 Å². The Morgan fingerprint density at radius 3 is 2.36 bits per heavy atom. The van der Waals surface area contributed by atoms with Crippen LogP contribution in [0.3, 0.4) is 0 Å². The van der Waals surface area contributed by atoms with Crippen LogP contribution in [0.4, 0.5) is 0 Å². The lowest BCUT2D eigenvalue weighted by Crippen LogP contribution is -2.28. The molecule has 6 N–H and O–H groups in total. The van der Waals surface area contributed by atoms with Gasteiger partial charge in [-0.2, -0.15) is 13.5 Å². The molecule has 1 saturated heterocycles. The minimum atomic E-state index is -4.02. The van der Waals surface area contributed by atoms with Crippen LogP contribution < -0.4 is 11.1 Å². The van der Waals surface area contributed by atoms with Crippen molar-refractivity contribution in [1.82, 2.24) is 15.1 Å². The quantitative estimate of drug-likeness (QED) is 0.358. The van der Waals surface area contributed by atoms with Gasteiger partial charge in [-0.25, -0.2) is 4.68 Å². The molecule has 0 aliphatic carbocycles. The van der Waals surface area contributed by atoms with Crippen LogP contribution in [-0.2, 0) is 10.1 Å². The molecule has 0 unspecified atom stereocenters. The smallest absolute Gasteiger partial charge is 0.294 e. The Labute approximate surface area is 210 Å². The summed E-state index contributed by atoms with van der Waals surface area (Å²) >= 11 is 0. The summed E-state index contributed by atoms with van der Waals surface area (Å²) in [6.45, 7) is 4.01. The maximum Gasteiger partial charge on any atom is 0.294 e. The normalized spacial score (nSPS) is 15.4. The number of nitrogens with one attached hydrogen (secondary N) is 1. The number of hydrogen-bond donors (Lipinski definition) is 3. The van der Waals surface area contributed by atoms with Crippen LogP contribution in [0.15, 0.2) is 77.8 Å². The van der Waals surface area contributed by atoms with Gasteiger partial charge in [0.2, 0.25) is 0 Å². The van der Waals surface area contributed by atoms with E-state index < -0.39 is 16.0 Å². The minimum Gasteiger partial charge on any atom is -0.412 e. The number of aryl methyl sites for hydroxylation is 1. The molecule has 0 bridgehead atoms. The Bertz CT molecular complexity index is 1430. The number of nitrogens with zero attached hydrogens (tertiary/aromatic N) is 2. The van der Waals surface area contributed by atoms with Crippen molar-refractivity contribution >= 4 is 26.9 Å². The number of carbonyl (C=O) groups is 1. The van der Waals surface area contributed by atoms with Crippen molar-refractivity contribution in [2.45, 2.75) is 30.6 Å². The fourth-order valence-electron chi connectivity index (χ4n) is 4.12. The summed E-state index contributed by atoms with van der Waals surface area (Å²) in [5.74, 6) is 0.136. The first-order valence-corrected chi connectivity index (χ1v) is 12.8. The minimum absolute atomic E-state index is 0. The van der Waals surface area contributed by atoms with Crippen molar-refractivity contribution < 1.29 is 23.2 Å². The third-order valence-electron chi connectivity index (χ3n) is 6.05. The van der Waals surface area contributed by atoms with Gasteiger partial charge < -0.3 is 16.5 Å². The maximum atomic E-state index is 11.5. The molecule has 0 radical (unpaired) electrons. The van der Waals surface area contributed by atoms with Gasteiger partial charge in [0.15, 0.2) is 0 Å². The molecule has 1 aliphatic heterocycles. The van der Waals surface area contributed by atoms with Gasteiger partial charge >= 0.3 is 0 Å². The summed E-state index contributed by atoms with van der Waals surface area (Å²) in [7, 11) is -4.02. The first-order valence-electron chi connectivity index (χ1n) is 11.4. The van der Waals surface area contributed by atoms with Crippen LogP contribution in [0.1, 0.15) is 40.2 Å². The Morgan fingerprint density at radius 2 is 1.78 bits per heavy atom. The summed E-state index contributed by atoms with van der Waals surface area (Å²) in [5.41, 5.74) is 9.83. The Morgan fingerprint density at radius 1 is 1.08 bits per heavy atom. The van der Waals surface area contributed by atoms with Crippen molar-refractivity contribution in [3.05, 3.63) is 89.6 Å². The molecule has 1 aromatic heterocycles. The van der Waals surface area contributed by atoms with Crippen LogP contribution in [0.5, 0.6) is 0 Å². The van der Waals surface area contributed by atoms with E-state index in [2.05, 4.69) is 34.7 Å². The topological polar surface area (TPSA) is 159 Å². The van der Waals surface area contributed by atoms with Crippen LogP contribution in [0.25, 0.3) is 16.6 Å². The van der Waals surface area contributed by atoms with Gasteiger partial charge in [-0.3, -0.25) is 9.35 Å². The number of nitrogens with two attached hydrogens (primary N) is 1. The number of primary amides is 1. The zero-order valence-electron chi connectivity index (χ0n) is 19.9. The van der Waals surface area contributed by atoms with E-state index in [-0.39, 0.29) is 10.4 Å². The Kier molecular flexibility index (Phi) is 8.59. The van der Waals surface area contributed by atoms with E-state index in [1.807, 2.05) is 25.3 Å². The SMILES string of the molecule is Cc1ccc(S(=O)(=O)O)cc1.NC(=O)c1cccc2cn(-c3ccc([C@H]4CCCNC4)cc3)nc12.O. The van der Waals surface area contributed by atoms with Crippen molar-refractivity contribution in [3.8, 4) is 5.69 Å². The van der Waals surface area contributed by atoms with Gasteiger partial charge in [0.25, 0.3) is 16.0 Å². The highest BCUT2D eigenvalue weighted by atomic mass is 32.2. The molecule has 4 aromatic rings. The molecule has 3 aromatic carbocycles. The number of benzene rings is 3. The van der Waals surface area contributed by atoms with Crippen molar-refractivity contribution in [3.63, 3.8) is 0 Å². The van der Waals surface area contributed by atoms with E-state index in [9.17, 15) is 13.2 Å². The van der Waals surface area contributed by atoms with Crippen LogP contribution in [0, 0.1) is 6.92 Å². The first-order chi connectivity index (χ1) is 16.7. The molecule has 0 saturated carbocycles. The molecule has 1 aliphatic rings. The van der Waals surface area contributed by atoms with E-state index in [1.165, 1.54) is 30.5 Å². The van der Waals surface area contributed by atoms with Gasteiger partial charge in [0, 0.05) is 18.1 Å². The Hall–Kier alpha value is -3.57. The van der Waals surface area contributed by atoms with Gasteiger partial charge in [0.1, 0.15) is 5.52 Å². The fraction of sp³-hybridized carbons (Fsp3) is 0.231. The van der Waals surface area contributed by atoms with Gasteiger partial charge in [-0.15, -0.1) is 0 Å². The predicted molar refractivity (Wildman–Crippen MR) is 139 cm³/mol. The number of fused-ring (bicyclic) bond motifs is 1. The van der Waals surface area contributed by atoms with Gasteiger partial charge in [0.05, 0.1) is 16.1 Å². The van der Waals surface area contributed by atoms with E-state index in [0.717, 1.165) is 29.7 Å². The first kappa shape index (κ1) is 27.0.